The Morgan fingerprint density at radius 1 is 1.10 bits per heavy atom. The van der Waals surface area contributed by atoms with Gasteiger partial charge in [-0.3, -0.25) is 9.59 Å². The summed E-state index contributed by atoms with van der Waals surface area (Å²) in [5.74, 6) is -4.35. The standard InChI is InChI=1S/C27H34O12/c1-23(2)12(8-13(28)35-5)24(3)16-14(29)18(32)25(4)20(11-6-7-36-9-11)38-22(34)19(33)27(25,26(16)10-37-26)39-21(24)15(30)17(23)31/h6-7,9,12,15-21,30-33H,8,10H2,1-5H3. The maximum atomic E-state index is 14.4. The van der Waals surface area contributed by atoms with Crippen molar-refractivity contribution in [2.75, 3.05) is 13.7 Å². The molecule has 39 heavy (non-hydrogen) atoms. The number of ketones is 1. The number of carbonyl (C=O) groups is 3. The molecular weight excluding hydrogens is 516 g/mol. The zero-order valence-electron chi connectivity index (χ0n) is 22.3. The maximum Gasteiger partial charge on any atom is 0.338 e. The molecule has 12 atom stereocenters. The molecule has 5 aliphatic rings. The van der Waals surface area contributed by atoms with E-state index >= 15 is 0 Å². The van der Waals surface area contributed by atoms with E-state index in [9.17, 15) is 34.8 Å². The normalized spacial score (nSPS) is 51.5. The molecule has 5 fully saturated rings. The van der Waals surface area contributed by atoms with Gasteiger partial charge in [0.2, 0.25) is 0 Å². The smallest absolute Gasteiger partial charge is 0.338 e. The third-order valence-electron chi connectivity index (χ3n) is 10.9. The number of cyclic esters (lactones) is 1. The second-order valence-corrected chi connectivity index (χ2v) is 12.7. The first kappa shape index (κ1) is 26.9. The minimum atomic E-state index is -2.07. The van der Waals surface area contributed by atoms with Crippen LogP contribution in [-0.4, -0.2) is 93.6 Å². The van der Waals surface area contributed by atoms with Crippen molar-refractivity contribution in [3.05, 3.63) is 24.2 Å². The molecule has 4 heterocycles. The fourth-order valence-corrected chi connectivity index (χ4v) is 8.96. The van der Waals surface area contributed by atoms with Crippen molar-refractivity contribution < 1.29 is 58.2 Å². The van der Waals surface area contributed by atoms with Crippen molar-refractivity contribution >= 4 is 17.7 Å². The number of Topliss-reactive ketones (excluding diaryl/α,β-unsaturated/α-hetero) is 1. The number of aliphatic hydroxyl groups excluding tert-OH is 4. The molecule has 6 rings (SSSR count). The zero-order valence-corrected chi connectivity index (χ0v) is 22.3. The van der Waals surface area contributed by atoms with Gasteiger partial charge < -0.3 is 43.8 Å². The van der Waals surface area contributed by atoms with E-state index in [0.717, 1.165) is 0 Å². The molecule has 12 heteroatoms. The number of fused-ring (bicyclic) bond motifs is 2. The van der Waals surface area contributed by atoms with E-state index in [-0.39, 0.29) is 13.0 Å². The molecule has 3 aliphatic heterocycles. The molecule has 12 unspecified atom stereocenters. The van der Waals surface area contributed by atoms with E-state index in [4.69, 9.17) is 23.4 Å². The van der Waals surface area contributed by atoms with E-state index < -0.39 is 93.6 Å². The molecule has 12 nitrogen and oxygen atoms in total. The van der Waals surface area contributed by atoms with E-state index in [2.05, 4.69) is 0 Å². The number of hydrogen-bond acceptors (Lipinski definition) is 12. The number of hydrogen-bond donors (Lipinski definition) is 4. The van der Waals surface area contributed by atoms with Gasteiger partial charge in [0.1, 0.15) is 29.5 Å². The molecule has 0 amide bonds. The van der Waals surface area contributed by atoms with Crippen molar-refractivity contribution in [2.45, 2.75) is 81.9 Å². The fraction of sp³-hybridized carbons (Fsp3) is 0.741. The van der Waals surface area contributed by atoms with Crippen LogP contribution >= 0.6 is 0 Å². The largest absolute Gasteiger partial charge is 0.472 e. The second-order valence-electron chi connectivity index (χ2n) is 12.7. The summed E-state index contributed by atoms with van der Waals surface area (Å²) in [7, 11) is 1.22. The molecular formula is C27H34O12. The van der Waals surface area contributed by atoms with E-state index in [1.54, 1.807) is 20.8 Å². The highest BCUT2D eigenvalue weighted by Crippen LogP contribution is 2.76. The number of epoxide rings is 1. The van der Waals surface area contributed by atoms with Crippen molar-refractivity contribution in [3.8, 4) is 0 Å². The molecule has 4 N–H and O–H groups in total. The van der Waals surface area contributed by atoms with Gasteiger partial charge in [0.25, 0.3) is 0 Å². The molecule has 3 saturated heterocycles. The number of aliphatic hydroxyl groups is 4. The van der Waals surface area contributed by atoms with Crippen LogP contribution in [-0.2, 0) is 33.3 Å². The third kappa shape index (κ3) is 2.77. The molecule has 0 radical (unpaired) electrons. The molecule has 2 bridgehead atoms. The Kier molecular flexibility index (Phi) is 5.43. The number of esters is 2. The number of carbonyl (C=O) groups excluding carboxylic acids is 3. The summed E-state index contributed by atoms with van der Waals surface area (Å²) in [5, 5.41) is 46.2. The van der Waals surface area contributed by atoms with Crippen LogP contribution in [0.5, 0.6) is 0 Å². The number of ether oxygens (including phenoxy) is 4. The van der Waals surface area contributed by atoms with Crippen LogP contribution in [0.1, 0.15) is 45.8 Å². The summed E-state index contributed by atoms with van der Waals surface area (Å²) in [5.41, 5.74) is -7.68. The van der Waals surface area contributed by atoms with E-state index in [0.29, 0.717) is 5.56 Å². The zero-order chi connectivity index (χ0) is 28.5. The van der Waals surface area contributed by atoms with Gasteiger partial charge in [0.15, 0.2) is 11.9 Å². The Morgan fingerprint density at radius 3 is 2.33 bits per heavy atom. The van der Waals surface area contributed by atoms with Crippen molar-refractivity contribution in [2.24, 2.45) is 28.1 Å². The van der Waals surface area contributed by atoms with Crippen LogP contribution < -0.4 is 0 Å². The molecule has 2 aliphatic carbocycles. The minimum Gasteiger partial charge on any atom is -0.472 e. The first-order chi connectivity index (χ1) is 18.2. The van der Waals surface area contributed by atoms with Gasteiger partial charge in [-0.1, -0.05) is 20.8 Å². The Morgan fingerprint density at radius 2 is 1.77 bits per heavy atom. The van der Waals surface area contributed by atoms with Gasteiger partial charge in [-0.25, -0.2) is 4.79 Å². The van der Waals surface area contributed by atoms with Crippen molar-refractivity contribution in [3.63, 3.8) is 0 Å². The Hall–Kier alpha value is -2.35. The van der Waals surface area contributed by atoms with Crippen LogP contribution in [0, 0.1) is 28.1 Å². The summed E-state index contributed by atoms with van der Waals surface area (Å²) in [6, 6.07) is 1.51. The molecule has 2 spiro atoms. The lowest BCUT2D eigenvalue weighted by Crippen LogP contribution is -2.89. The predicted molar refractivity (Wildman–Crippen MR) is 126 cm³/mol. The van der Waals surface area contributed by atoms with Gasteiger partial charge in [-0.15, -0.1) is 0 Å². The second kappa shape index (κ2) is 7.89. The first-order valence-corrected chi connectivity index (χ1v) is 13.0. The minimum absolute atomic E-state index is 0.0967. The van der Waals surface area contributed by atoms with Crippen LogP contribution in [0.15, 0.2) is 23.0 Å². The lowest BCUT2D eigenvalue weighted by molar-refractivity contribution is -0.399. The Labute approximate surface area is 224 Å². The third-order valence-corrected chi connectivity index (χ3v) is 10.9. The van der Waals surface area contributed by atoms with Gasteiger partial charge >= 0.3 is 11.9 Å². The highest BCUT2D eigenvalue weighted by Gasteiger charge is 2.92. The van der Waals surface area contributed by atoms with Crippen LogP contribution in [0.25, 0.3) is 0 Å². The van der Waals surface area contributed by atoms with Crippen LogP contribution in [0.3, 0.4) is 0 Å². The van der Waals surface area contributed by atoms with Crippen LogP contribution in [0.2, 0.25) is 0 Å². The summed E-state index contributed by atoms with van der Waals surface area (Å²) in [6.07, 6.45) is -7.05. The number of rotatable bonds is 3. The molecule has 214 valence electrons. The monoisotopic (exact) mass is 550 g/mol. The average Bonchev–Trinajstić information content (AvgIpc) is 3.47. The maximum absolute atomic E-state index is 14.4. The topological polar surface area (TPSA) is 185 Å². The molecule has 0 aromatic carbocycles. The Bertz CT molecular complexity index is 1220. The van der Waals surface area contributed by atoms with Crippen molar-refractivity contribution in [1.29, 1.82) is 0 Å². The predicted octanol–water partition coefficient (Wildman–Crippen LogP) is -0.342. The van der Waals surface area contributed by atoms with Gasteiger partial charge in [-0.05, 0) is 24.3 Å². The summed E-state index contributed by atoms with van der Waals surface area (Å²) >= 11 is 0. The highest BCUT2D eigenvalue weighted by molar-refractivity contribution is 5.93. The van der Waals surface area contributed by atoms with Gasteiger partial charge in [0, 0.05) is 17.4 Å². The lowest BCUT2D eigenvalue weighted by Gasteiger charge is -2.73. The fourth-order valence-electron chi connectivity index (χ4n) is 8.96. The average molecular weight is 551 g/mol. The quantitative estimate of drug-likeness (QED) is 0.284. The van der Waals surface area contributed by atoms with Gasteiger partial charge in [-0.2, -0.15) is 0 Å². The Balaban J connectivity index is 1.62. The van der Waals surface area contributed by atoms with Crippen molar-refractivity contribution in [1.82, 2.24) is 0 Å². The SMILES string of the molecule is COC(=O)CC1C(C)(C)C(O)C(O)C2OC34C(O)C(=O)OC(c5ccoc5)C3(C)C(O)C(=O)C(C21C)C41CO1. The van der Waals surface area contributed by atoms with Gasteiger partial charge in [0.05, 0.1) is 49.8 Å². The lowest BCUT2D eigenvalue weighted by atomic mass is 9.38. The summed E-state index contributed by atoms with van der Waals surface area (Å²) < 4.78 is 28.5. The first-order valence-electron chi connectivity index (χ1n) is 13.0. The molecule has 1 aromatic rings. The molecule has 2 saturated carbocycles. The summed E-state index contributed by atoms with van der Waals surface area (Å²) in [6.45, 7) is 6.40. The number of methoxy groups -OCH3 is 1. The van der Waals surface area contributed by atoms with E-state index in [1.165, 1.54) is 32.6 Å². The summed E-state index contributed by atoms with van der Waals surface area (Å²) in [4.78, 5) is 40.3. The van der Waals surface area contributed by atoms with E-state index in [1.807, 2.05) is 0 Å². The molecule has 1 aromatic heterocycles. The number of furan rings is 1. The highest BCUT2D eigenvalue weighted by atomic mass is 16.7. The van der Waals surface area contributed by atoms with Crippen LogP contribution in [0.4, 0.5) is 0 Å².